The summed E-state index contributed by atoms with van der Waals surface area (Å²) in [5.41, 5.74) is 3.07. The Hall–Kier alpha value is -2.82. The van der Waals surface area contributed by atoms with Gasteiger partial charge in [0.05, 0.1) is 0 Å². The number of benzene rings is 2. The smallest absolute Gasteiger partial charge is 0.317 e. The van der Waals surface area contributed by atoms with Gasteiger partial charge in [-0.15, -0.1) is 0 Å². The maximum absolute atomic E-state index is 12.6. The molecule has 2 aliphatic heterocycles. The molecule has 0 unspecified atom stereocenters. The van der Waals surface area contributed by atoms with E-state index in [4.69, 9.17) is 0 Å². The van der Waals surface area contributed by atoms with Gasteiger partial charge in [-0.25, -0.2) is 4.79 Å². The summed E-state index contributed by atoms with van der Waals surface area (Å²) in [6, 6.07) is 17.9. The number of rotatable bonds is 3. The van der Waals surface area contributed by atoms with Gasteiger partial charge >= 0.3 is 6.03 Å². The van der Waals surface area contributed by atoms with E-state index in [-0.39, 0.29) is 17.4 Å². The van der Waals surface area contributed by atoms with Gasteiger partial charge in [-0.2, -0.15) is 0 Å². The fourth-order valence-electron chi connectivity index (χ4n) is 4.19. The lowest BCUT2D eigenvalue weighted by Crippen LogP contribution is -2.40. The number of anilines is 1. The lowest BCUT2D eigenvalue weighted by Gasteiger charge is -2.24. The Balaban J connectivity index is 1.38. The van der Waals surface area contributed by atoms with Crippen LogP contribution in [0.2, 0.25) is 0 Å². The standard InChI is InChI=1S/C22H25N3O2/c1-17-6-5-9-19(12-17)25-16-22(13-20(25)26)10-11-24(15-22)21(27)23-14-18-7-3-2-4-8-18/h2-9,12H,10-11,13-16H2,1H3,(H,23,27)/t22-/m1/s1. The summed E-state index contributed by atoms with van der Waals surface area (Å²) in [6.45, 7) is 4.60. The van der Waals surface area contributed by atoms with Crippen LogP contribution in [0.1, 0.15) is 24.0 Å². The predicted octanol–water partition coefficient (Wildman–Crippen LogP) is 3.33. The number of hydrogen-bond donors (Lipinski definition) is 1. The molecule has 2 fully saturated rings. The van der Waals surface area contributed by atoms with Gasteiger partial charge in [0.15, 0.2) is 0 Å². The fourth-order valence-corrected chi connectivity index (χ4v) is 4.19. The van der Waals surface area contributed by atoms with Crippen LogP contribution < -0.4 is 10.2 Å². The van der Waals surface area contributed by atoms with Crippen LogP contribution in [0.15, 0.2) is 54.6 Å². The zero-order chi connectivity index (χ0) is 18.9. The first kappa shape index (κ1) is 17.6. The second kappa shape index (κ2) is 7.06. The Labute approximate surface area is 160 Å². The third-order valence-corrected chi connectivity index (χ3v) is 5.65. The molecule has 0 bridgehead atoms. The van der Waals surface area contributed by atoms with Crippen molar-refractivity contribution in [3.05, 3.63) is 65.7 Å². The molecular formula is C22H25N3O2. The lowest BCUT2D eigenvalue weighted by atomic mass is 9.86. The van der Waals surface area contributed by atoms with Gasteiger partial charge in [0.1, 0.15) is 0 Å². The molecule has 0 radical (unpaired) electrons. The Morgan fingerprint density at radius 3 is 2.70 bits per heavy atom. The Morgan fingerprint density at radius 2 is 1.93 bits per heavy atom. The summed E-state index contributed by atoms with van der Waals surface area (Å²) >= 11 is 0. The topological polar surface area (TPSA) is 52.6 Å². The van der Waals surface area contributed by atoms with Crippen LogP contribution in [0.3, 0.4) is 0 Å². The molecular weight excluding hydrogens is 338 g/mol. The Bertz CT molecular complexity index is 852. The molecule has 1 spiro atoms. The van der Waals surface area contributed by atoms with Crippen molar-refractivity contribution in [2.45, 2.75) is 26.3 Å². The molecule has 2 saturated heterocycles. The number of urea groups is 1. The van der Waals surface area contributed by atoms with Gasteiger partial charge < -0.3 is 15.1 Å². The fraction of sp³-hybridized carbons (Fsp3) is 0.364. The maximum atomic E-state index is 12.6. The molecule has 2 aliphatic rings. The van der Waals surface area contributed by atoms with E-state index < -0.39 is 0 Å². The van der Waals surface area contributed by atoms with Crippen molar-refractivity contribution in [2.75, 3.05) is 24.5 Å². The SMILES string of the molecule is Cc1cccc(N2C[C@]3(CCN(C(=O)NCc4ccccc4)C3)CC2=O)c1. The third kappa shape index (κ3) is 3.68. The quantitative estimate of drug-likeness (QED) is 0.909. The van der Waals surface area contributed by atoms with Crippen LogP contribution >= 0.6 is 0 Å². The van der Waals surface area contributed by atoms with Crippen molar-refractivity contribution >= 4 is 17.6 Å². The molecule has 1 N–H and O–H groups in total. The molecule has 140 valence electrons. The Kier molecular flexibility index (Phi) is 4.60. The first-order valence-corrected chi connectivity index (χ1v) is 9.48. The minimum atomic E-state index is -0.120. The minimum Gasteiger partial charge on any atom is -0.334 e. The normalized spacial score (nSPS) is 21.9. The number of aryl methyl sites for hydroxylation is 1. The summed E-state index contributed by atoms with van der Waals surface area (Å²) < 4.78 is 0. The number of hydrogen-bond acceptors (Lipinski definition) is 2. The van der Waals surface area contributed by atoms with E-state index in [1.54, 1.807) is 0 Å². The van der Waals surface area contributed by atoms with Crippen molar-refractivity contribution < 1.29 is 9.59 Å². The molecule has 0 aliphatic carbocycles. The molecule has 3 amide bonds. The van der Waals surface area contributed by atoms with E-state index in [2.05, 4.69) is 11.4 Å². The first-order valence-electron chi connectivity index (χ1n) is 9.48. The van der Waals surface area contributed by atoms with Crippen LogP contribution in [0.4, 0.5) is 10.5 Å². The molecule has 1 atom stereocenters. The second-order valence-electron chi connectivity index (χ2n) is 7.81. The Morgan fingerprint density at radius 1 is 1.11 bits per heavy atom. The van der Waals surface area contributed by atoms with Gasteiger partial charge in [-0.1, -0.05) is 42.5 Å². The van der Waals surface area contributed by atoms with E-state index in [0.29, 0.717) is 32.6 Å². The van der Waals surface area contributed by atoms with Crippen LogP contribution in [-0.4, -0.2) is 36.5 Å². The molecule has 4 rings (SSSR count). The summed E-state index contributed by atoms with van der Waals surface area (Å²) in [5.74, 6) is 0.159. The van der Waals surface area contributed by atoms with E-state index in [1.807, 2.05) is 65.3 Å². The average Bonchev–Trinajstić information content (AvgIpc) is 3.23. The number of nitrogens with one attached hydrogen (secondary N) is 1. The molecule has 0 saturated carbocycles. The van der Waals surface area contributed by atoms with E-state index in [1.165, 1.54) is 0 Å². The van der Waals surface area contributed by atoms with E-state index in [9.17, 15) is 9.59 Å². The highest BCUT2D eigenvalue weighted by atomic mass is 16.2. The van der Waals surface area contributed by atoms with Crippen molar-refractivity contribution in [1.29, 1.82) is 0 Å². The van der Waals surface area contributed by atoms with Crippen LogP contribution in [0.5, 0.6) is 0 Å². The average molecular weight is 363 g/mol. The molecule has 27 heavy (non-hydrogen) atoms. The number of carbonyl (C=O) groups excluding carboxylic acids is 2. The third-order valence-electron chi connectivity index (χ3n) is 5.65. The molecule has 5 nitrogen and oxygen atoms in total. The van der Waals surface area contributed by atoms with Crippen LogP contribution in [0, 0.1) is 12.3 Å². The highest BCUT2D eigenvalue weighted by Crippen LogP contribution is 2.41. The van der Waals surface area contributed by atoms with Gasteiger partial charge in [0.25, 0.3) is 0 Å². The van der Waals surface area contributed by atoms with Gasteiger partial charge in [0, 0.05) is 43.7 Å². The number of nitrogens with zero attached hydrogens (tertiary/aromatic N) is 2. The van der Waals surface area contributed by atoms with Crippen molar-refractivity contribution in [1.82, 2.24) is 10.2 Å². The maximum Gasteiger partial charge on any atom is 0.317 e. The van der Waals surface area contributed by atoms with E-state index >= 15 is 0 Å². The number of likely N-dealkylation sites (tertiary alicyclic amines) is 1. The second-order valence-corrected chi connectivity index (χ2v) is 7.81. The van der Waals surface area contributed by atoms with Crippen molar-refractivity contribution in [3.63, 3.8) is 0 Å². The van der Waals surface area contributed by atoms with Gasteiger partial charge in [0.2, 0.25) is 5.91 Å². The van der Waals surface area contributed by atoms with Gasteiger partial charge in [-0.3, -0.25) is 4.79 Å². The summed E-state index contributed by atoms with van der Waals surface area (Å²) in [7, 11) is 0. The summed E-state index contributed by atoms with van der Waals surface area (Å²) in [6.07, 6.45) is 1.39. The molecule has 2 heterocycles. The molecule has 2 aromatic carbocycles. The monoisotopic (exact) mass is 363 g/mol. The van der Waals surface area contributed by atoms with Gasteiger partial charge in [-0.05, 0) is 36.6 Å². The first-order chi connectivity index (χ1) is 13.0. The molecule has 2 aromatic rings. The summed E-state index contributed by atoms with van der Waals surface area (Å²) in [5, 5.41) is 3.00. The zero-order valence-electron chi connectivity index (χ0n) is 15.6. The van der Waals surface area contributed by atoms with Crippen molar-refractivity contribution in [3.8, 4) is 0 Å². The van der Waals surface area contributed by atoms with Crippen molar-refractivity contribution in [2.24, 2.45) is 5.41 Å². The largest absolute Gasteiger partial charge is 0.334 e. The van der Waals surface area contributed by atoms with Crippen LogP contribution in [0.25, 0.3) is 0 Å². The summed E-state index contributed by atoms with van der Waals surface area (Å²) in [4.78, 5) is 28.9. The predicted molar refractivity (Wildman–Crippen MR) is 105 cm³/mol. The minimum absolute atomic E-state index is 0.0443. The molecule has 5 heteroatoms. The number of carbonyl (C=O) groups is 2. The van der Waals surface area contributed by atoms with E-state index in [0.717, 1.165) is 23.2 Å². The number of amides is 3. The highest BCUT2D eigenvalue weighted by Gasteiger charge is 2.48. The lowest BCUT2D eigenvalue weighted by molar-refractivity contribution is -0.117. The van der Waals surface area contributed by atoms with Crippen LogP contribution in [-0.2, 0) is 11.3 Å². The highest BCUT2D eigenvalue weighted by molar-refractivity contribution is 5.96. The molecule has 0 aromatic heterocycles. The zero-order valence-corrected chi connectivity index (χ0v) is 15.6.